The van der Waals surface area contributed by atoms with Crippen molar-refractivity contribution in [2.75, 3.05) is 7.11 Å². The zero-order chi connectivity index (χ0) is 25.2. The van der Waals surface area contributed by atoms with Crippen LogP contribution >= 0.6 is 11.3 Å². The standard InChI is InChI=1S/C28H28N2O5S/c1-20-26(29-27(35-20)17-24-9-6-16-36-24)19-33-23-12-10-21(11-13-23)18-34-30-25(14-15-28(31)32-2)22-7-4-3-5-8-22/h3-14,16,30H,15,17-19H2,1-2H3. The molecule has 0 radical (unpaired) electrons. The molecule has 0 saturated carbocycles. The molecule has 2 aromatic heterocycles. The fraction of sp³-hybridized carbons (Fsp3) is 0.214. The Labute approximate surface area is 214 Å². The molecule has 0 atom stereocenters. The van der Waals surface area contributed by atoms with Crippen molar-refractivity contribution >= 4 is 23.0 Å². The van der Waals surface area contributed by atoms with Crippen LogP contribution in [0, 0.1) is 6.92 Å². The van der Waals surface area contributed by atoms with Crippen molar-refractivity contribution in [3.8, 4) is 5.75 Å². The van der Waals surface area contributed by atoms with Crippen LogP contribution in [-0.4, -0.2) is 18.1 Å². The number of thiophene rings is 1. The number of nitrogens with zero attached hydrogens (tertiary/aromatic N) is 1. The van der Waals surface area contributed by atoms with Crippen molar-refractivity contribution in [1.82, 2.24) is 10.5 Å². The Morgan fingerprint density at radius 1 is 1.06 bits per heavy atom. The molecule has 0 aliphatic heterocycles. The third kappa shape index (κ3) is 7.31. The highest BCUT2D eigenvalue weighted by Crippen LogP contribution is 2.20. The van der Waals surface area contributed by atoms with Gasteiger partial charge in [-0.2, -0.15) is 0 Å². The van der Waals surface area contributed by atoms with Crippen LogP contribution in [0.25, 0.3) is 5.70 Å². The van der Waals surface area contributed by atoms with Crippen molar-refractivity contribution in [2.24, 2.45) is 0 Å². The molecule has 0 aliphatic carbocycles. The SMILES string of the molecule is COC(=O)CC=C(NOCc1ccc(OCc2nc(Cc3cccs3)oc2C)cc1)c1ccccc1. The molecule has 0 unspecified atom stereocenters. The third-order valence-electron chi connectivity index (χ3n) is 5.35. The molecule has 8 heteroatoms. The Hall–Kier alpha value is -3.88. The molecule has 186 valence electrons. The van der Waals surface area contributed by atoms with Crippen molar-refractivity contribution in [1.29, 1.82) is 0 Å². The molecule has 0 fully saturated rings. The van der Waals surface area contributed by atoms with Crippen molar-refractivity contribution < 1.29 is 23.5 Å². The second-order valence-electron chi connectivity index (χ2n) is 7.95. The molecular weight excluding hydrogens is 476 g/mol. The van der Waals surface area contributed by atoms with Gasteiger partial charge in [0.25, 0.3) is 0 Å². The minimum Gasteiger partial charge on any atom is -0.487 e. The average Bonchev–Trinajstić information content (AvgIpc) is 3.55. The van der Waals surface area contributed by atoms with E-state index >= 15 is 0 Å². The number of methoxy groups -OCH3 is 1. The summed E-state index contributed by atoms with van der Waals surface area (Å²) in [6.07, 6.45) is 2.57. The summed E-state index contributed by atoms with van der Waals surface area (Å²) in [5.74, 6) is 1.88. The number of nitrogens with one attached hydrogen (secondary N) is 1. The molecule has 1 N–H and O–H groups in total. The Balaban J connectivity index is 1.28. The third-order valence-corrected chi connectivity index (χ3v) is 6.22. The number of carbonyl (C=O) groups excluding carboxylic acids is 1. The lowest BCUT2D eigenvalue weighted by Crippen LogP contribution is -2.14. The second-order valence-corrected chi connectivity index (χ2v) is 8.99. The quantitative estimate of drug-likeness (QED) is 0.192. The Bertz CT molecular complexity index is 1270. The molecule has 4 rings (SSSR count). The molecule has 0 saturated heterocycles. The normalized spacial score (nSPS) is 11.3. The van der Waals surface area contributed by atoms with Gasteiger partial charge in [-0.05, 0) is 47.7 Å². The lowest BCUT2D eigenvalue weighted by atomic mass is 10.1. The summed E-state index contributed by atoms with van der Waals surface area (Å²) in [6, 6.07) is 21.4. The van der Waals surface area contributed by atoms with Crippen LogP contribution in [0.2, 0.25) is 0 Å². The molecule has 2 heterocycles. The summed E-state index contributed by atoms with van der Waals surface area (Å²) in [5, 5.41) is 2.05. The minimum absolute atomic E-state index is 0.143. The maximum atomic E-state index is 11.5. The van der Waals surface area contributed by atoms with Crippen molar-refractivity contribution in [2.45, 2.75) is 33.0 Å². The number of hydroxylamine groups is 1. The van der Waals surface area contributed by atoms with Gasteiger partial charge in [0.05, 0.1) is 32.3 Å². The van der Waals surface area contributed by atoms with E-state index in [9.17, 15) is 4.79 Å². The predicted molar refractivity (Wildman–Crippen MR) is 138 cm³/mol. The molecule has 0 spiro atoms. The molecule has 36 heavy (non-hydrogen) atoms. The number of ether oxygens (including phenoxy) is 2. The van der Waals surface area contributed by atoms with E-state index in [1.807, 2.05) is 73.0 Å². The summed E-state index contributed by atoms with van der Waals surface area (Å²) >= 11 is 1.69. The van der Waals surface area contributed by atoms with E-state index in [0.29, 0.717) is 31.2 Å². The predicted octanol–water partition coefficient (Wildman–Crippen LogP) is 5.84. The first kappa shape index (κ1) is 25.2. The lowest BCUT2D eigenvalue weighted by molar-refractivity contribution is -0.139. The van der Waals surface area contributed by atoms with Gasteiger partial charge in [-0.15, -0.1) is 11.3 Å². The van der Waals surface area contributed by atoms with Gasteiger partial charge >= 0.3 is 5.97 Å². The van der Waals surface area contributed by atoms with Crippen LogP contribution in [0.3, 0.4) is 0 Å². The number of hydrogen-bond donors (Lipinski definition) is 1. The van der Waals surface area contributed by atoms with Crippen molar-refractivity contribution in [3.63, 3.8) is 0 Å². The summed E-state index contributed by atoms with van der Waals surface area (Å²) in [4.78, 5) is 23.0. The lowest BCUT2D eigenvalue weighted by Gasteiger charge is -2.12. The van der Waals surface area contributed by atoms with Crippen LogP contribution in [0.5, 0.6) is 5.75 Å². The number of aromatic nitrogens is 1. The van der Waals surface area contributed by atoms with Gasteiger partial charge in [-0.25, -0.2) is 4.98 Å². The van der Waals surface area contributed by atoms with Crippen LogP contribution in [0.4, 0.5) is 0 Å². The van der Waals surface area contributed by atoms with Crippen LogP contribution in [-0.2, 0) is 34.0 Å². The van der Waals surface area contributed by atoms with E-state index in [1.54, 1.807) is 17.4 Å². The average molecular weight is 505 g/mol. The first-order chi connectivity index (χ1) is 17.6. The number of aryl methyl sites for hydroxylation is 1. The monoisotopic (exact) mass is 504 g/mol. The number of esters is 1. The number of hydrogen-bond acceptors (Lipinski definition) is 8. The number of carbonyl (C=O) groups is 1. The van der Waals surface area contributed by atoms with E-state index in [2.05, 4.69) is 16.5 Å². The summed E-state index contributed by atoms with van der Waals surface area (Å²) < 4.78 is 16.4. The fourth-order valence-electron chi connectivity index (χ4n) is 3.40. The number of rotatable bonds is 12. The minimum atomic E-state index is -0.319. The number of oxazole rings is 1. The zero-order valence-electron chi connectivity index (χ0n) is 20.2. The van der Waals surface area contributed by atoms with Crippen LogP contribution in [0.1, 0.15) is 39.8 Å². The van der Waals surface area contributed by atoms with E-state index < -0.39 is 0 Å². The molecule has 0 amide bonds. The van der Waals surface area contributed by atoms with Crippen molar-refractivity contribution in [3.05, 3.63) is 112 Å². The van der Waals surface area contributed by atoms with Gasteiger partial charge in [0.15, 0.2) is 5.89 Å². The Morgan fingerprint density at radius 3 is 2.58 bits per heavy atom. The van der Waals surface area contributed by atoms with Gasteiger partial charge in [-0.3, -0.25) is 15.1 Å². The van der Waals surface area contributed by atoms with E-state index in [4.69, 9.17) is 18.7 Å². The van der Waals surface area contributed by atoms with E-state index in [-0.39, 0.29) is 12.4 Å². The van der Waals surface area contributed by atoms with Crippen LogP contribution < -0.4 is 10.2 Å². The largest absolute Gasteiger partial charge is 0.487 e. The molecule has 7 nitrogen and oxygen atoms in total. The van der Waals surface area contributed by atoms with Gasteiger partial charge < -0.3 is 13.9 Å². The maximum absolute atomic E-state index is 11.5. The first-order valence-electron chi connectivity index (χ1n) is 11.5. The maximum Gasteiger partial charge on any atom is 0.309 e. The Morgan fingerprint density at radius 2 is 1.86 bits per heavy atom. The molecule has 4 aromatic rings. The first-order valence-corrected chi connectivity index (χ1v) is 12.4. The summed E-state index contributed by atoms with van der Waals surface area (Å²) in [5.41, 5.74) is 6.32. The smallest absolute Gasteiger partial charge is 0.309 e. The second kappa shape index (κ2) is 12.7. The summed E-state index contributed by atoms with van der Waals surface area (Å²) in [6.45, 7) is 2.57. The number of benzene rings is 2. The summed E-state index contributed by atoms with van der Waals surface area (Å²) in [7, 11) is 1.37. The van der Waals surface area contributed by atoms with Gasteiger partial charge in [0.1, 0.15) is 23.8 Å². The Kier molecular flexibility index (Phi) is 8.91. The molecular formula is C28H28N2O5S. The van der Waals surface area contributed by atoms with Crippen LogP contribution in [0.15, 0.2) is 82.6 Å². The molecule has 0 aliphatic rings. The highest BCUT2D eigenvalue weighted by atomic mass is 32.1. The molecule has 2 aromatic carbocycles. The van der Waals surface area contributed by atoms with Gasteiger partial charge in [0, 0.05) is 4.88 Å². The van der Waals surface area contributed by atoms with Gasteiger partial charge in [-0.1, -0.05) is 48.5 Å². The highest BCUT2D eigenvalue weighted by molar-refractivity contribution is 7.09. The fourth-order valence-corrected chi connectivity index (χ4v) is 4.09. The van der Waals surface area contributed by atoms with E-state index in [1.165, 1.54) is 12.0 Å². The van der Waals surface area contributed by atoms with E-state index in [0.717, 1.165) is 28.3 Å². The zero-order valence-corrected chi connectivity index (χ0v) is 21.0. The highest BCUT2D eigenvalue weighted by Gasteiger charge is 2.11. The molecule has 0 bridgehead atoms. The topological polar surface area (TPSA) is 82.8 Å². The van der Waals surface area contributed by atoms with Gasteiger partial charge in [0.2, 0.25) is 0 Å².